The summed E-state index contributed by atoms with van der Waals surface area (Å²) in [6, 6.07) is 10.3. The first kappa shape index (κ1) is 18.4. The Bertz CT molecular complexity index is 530. The molecule has 0 spiro atoms. The highest BCUT2D eigenvalue weighted by molar-refractivity contribution is 5.76. The predicted octanol–water partition coefficient (Wildman–Crippen LogP) is 2.20. The molecule has 0 bridgehead atoms. The highest BCUT2D eigenvalue weighted by atomic mass is 16.5. The van der Waals surface area contributed by atoms with Crippen LogP contribution in [0.15, 0.2) is 30.3 Å². The van der Waals surface area contributed by atoms with Gasteiger partial charge in [-0.1, -0.05) is 30.3 Å². The van der Waals surface area contributed by atoms with Gasteiger partial charge in [-0.05, 0) is 30.7 Å². The molecule has 0 radical (unpaired) electrons. The van der Waals surface area contributed by atoms with E-state index in [-0.39, 0.29) is 24.5 Å². The summed E-state index contributed by atoms with van der Waals surface area (Å²) in [5, 5.41) is 9.79. The molecule has 5 nitrogen and oxygen atoms in total. The highest BCUT2D eigenvalue weighted by Gasteiger charge is 2.31. The van der Waals surface area contributed by atoms with Crippen molar-refractivity contribution in [1.82, 2.24) is 4.90 Å². The van der Waals surface area contributed by atoms with Crippen LogP contribution in [0.4, 0.5) is 0 Å². The smallest absolute Gasteiger partial charge is 0.224 e. The van der Waals surface area contributed by atoms with E-state index in [4.69, 9.17) is 9.47 Å². The lowest BCUT2D eigenvalue weighted by atomic mass is 9.81. The Hall–Kier alpha value is -1.43. The number of amides is 1. The van der Waals surface area contributed by atoms with Crippen molar-refractivity contribution in [2.45, 2.75) is 37.7 Å². The van der Waals surface area contributed by atoms with Crippen LogP contribution >= 0.6 is 0 Å². The van der Waals surface area contributed by atoms with Gasteiger partial charge in [0.25, 0.3) is 0 Å². The number of ether oxygens (including phenoxy) is 2. The van der Waals surface area contributed by atoms with Gasteiger partial charge in [0.2, 0.25) is 5.91 Å². The van der Waals surface area contributed by atoms with Crippen molar-refractivity contribution in [2.24, 2.45) is 5.92 Å². The first-order valence-electron chi connectivity index (χ1n) is 9.41. The Labute approximate surface area is 149 Å². The molecule has 0 aromatic heterocycles. The van der Waals surface area contributed by atoms with Crippen LogP contribution in [0.3, 0.4) is 0 Å². The van der Waals surface area contributed by atoms with Crippen LogP contribution in [0.5, 0.6) is 0 Å². The van der Waals surface area contributed by atoms with Gasteiger partial charge >= 0.3 is 0 Å². The van der Waals surface area contributed by atoms with Crippen LogP contribution < -0.4 is 0 Å². The number of rotatable bonds is 6. The molecule has 2 heterocycles. The summed E-state index contributed by atoms with van der Waals surface area (Å²) in [5.41, 5.74) is 1.26. The fraction of sp³-hybridized carbons (Fsp3) is 0.650. The zero-order chi connectivity index (χ0) is 17.5. The SMILES string of the molecule is O=C(CCOC1CCOCC1)N1CC[C@@H](c2ccccc2)[C@@H](CO)C1. The lowest BCUT2D eigenvalue weighted by Gasteiger charge is -2.38. The molecular formula is C20H29NO4. The van der Waals surface area contributed by atoms with Crippen molar-refractivity contribution in [1.29, 1.82) is 0 Å². The maximum Gasteiger partial charge on any atom is 0.224 e. The van der Waals surface area contributed by atoms with Crippen molar-refractivity contribution in [2.75, 3.05) is 39.5 Å². The van der Waals surface area contributed by atoms with E-state index in [1.807, 2.05) is 23.1 Å². The topological polar surface area (TPSA) is 59.0 Å². The number of hydrogen-bond acceptors (Lipinski definition) is 4. The minimum atomic E-state index is 0.108. The molecule has 2 saturated heterocycles. The molecule has 1 aromatic rings. The second-order valence-corrected chi connectivity index (χ2v) is 7.02. The number of likely N-dealkylation sites (tertiary alicyclic amines) is 1. The number of piperidine rings is 1. The summed E-state index contributed by atoms with van der Waals surface area (Å²) in [6.07, 6.45) is 3.40. The average Bonchev–Trinajstić information content (AvgIpc) is 2.69. The second-order valence-electron chi connectivity index (χ2n) is 7.02. The minimum absolute atomic E-state index is 0.108. The molecule has 0 aliphatic carbocycles. The van der Waals surface area contributed by atoms with Crippen molar-refractivity contribution in [3.63, 3.8) is 0 Å². The summed E-state index contributed by atoms with van der Waals surface area (Å²) < 4.78 is 11.1. The van der Waals surface area contributed by atoms with E-state index in [2.05, 4.69) is 12.1 Å². The number of carbonyl (C=O) groups is 1. The zero-order valence-corrected chi connectivity index (χ0v) is 14.8. The van der Waals surface area contributed by atoms with Crippen molar-refractivity contribution in [3.05, 3.63) is 35.9 Å². The number of aliphatic hydroxyl groups excluding tert-OH is 1. The number of benzene rings is 1. The normalized spacial score (nSPS) is 25.1. The van der Waals surface area contributed by atoms with Gasteiger partial charge in [-0.15, -0.1) is 0 Å². The van der Waals surface area contributed by atoms with Gasteiger partial charge < -0.3 is 19.5 Å². The first-order chi connectivity index (χ1) is 12.3. The lowest BCUT2D eigenvalue weighted by molar-refractivity contribution is -0.135. The van der Waals surface area contributed by atoms with Crippen molar-refractivity contribution >= 4 is 5.91 Å². The highest BCUT2D eigenvalue weighted by Crippen LogP contribution is 2.32. The summed E-state index contributed by atoms with van der Waals surface area (Å²) in [5.74, 6) is 0.572. The standard InChI is InChI=1S/C20H29NO4/c22-15-17-14-21(10-6-19(17)16-4-2-1-3-5-16)20(23)9-13-25-18-7-11-24-12-8-18/h1-5,17-19,22H,6-15H2/t17-,19+/m1/s1. The molecule has 0 unspecified atom stereocenters. The van der Waals surface area contributed by atoms with E-state index in [1.165, 1.54) is 5.56 Å². The van der Waals surface area contributed by atoms with E-state index in [0.29, 0.717) is 25.5 Å². The third-order valence-electron chi connectivity index (χ3n) is 5.39. The second kappa shape index (κ2) is 9.32. The van der Waals surface area contributed by atoms with Gasteiger partial charge in [0.1, 0.15) is 0 Å². The number of nitrogens with zero attached hydrogens (tertiary/aromatic N) is 1. The Morgan fingerprint density at radius 2 is 1.96 bits per heavy atom. The molecule has 5 heteroatoms. The van der Waals surface area contributed by atoms with Gasteiger partial charge in [0.05, 0.1) is 19.1 Å². The van der Waals surface area contributed by atoms with Crippen LogP contribution in [-0.2, 0) is 14.3 Å². The molecule has 2 aliphatic heterocycles. The quantitative estimate of drug-likeness (QED) is 0.857. The molecule has 1 N–H and O–H groups in total. The van der Waals surface area contributed by atoms with Crippen LogP contribution in [-0.4, -0.2) is 61.5 Å². The van der Waals surface area contributed by atoms with Crippen LogP contribution in [0.1, 0.15) is 37.2 Å². The summed E-state index contributed by atoms with van der Waals surface area (Å²) >= 11 is 0. The summed E-state index contributed by atoms with van der Waals surface area (Å²) in [6.45, 7) is 3.49. The summed E-state index contributed by atoms with van der Waals surface area (Å²) in [7, 11) is 0. The molecule has 2 fully saturated rings. The van der Waals surface area contributed by atoms with E-state index in [0.717, 1.165) is 39.0 Å². The van der Waals surface area contributed by atoms with Crippen LogP contribution in [0.25, 0.3) is 0 Å². The lowest BCUT2D eigenvalue weighted by Crippen LogP contribution is -2.44. The molecular weight excluding hydrogens is 318 g/mol. The largest absolute Gasteiger partial charge is 0.396 e. The Kier molecular flexibility index (Phi) is 6.84. The predicted molar refractivity (Wildman–Crippen MR) is 95.4 cm³/mol. The molecule has 138 valence electrons. The van der Waals surface area contributed by atoms with E-state index < -0.39 is 0 Å². The Balaban J connectivity index is 1.46. The first-order valence-corrected chi connectivity index (χ1v) is 9.41. The van der Waals surface area contributed by atoms with Crippen LogP contribution in [0.2, 0.25) is 0 Å². The average molecular weight is 347 g/mol. The maximum absolute atomic E-state index is 12.5. The fourth-order valence-electron chi connectivity index (χ4n) is 3.90. The third kappa shape index (κ3) is 5.03. The van der Waals surface area contributed by atoms with Crippen molar-refractivity contribution in [3.8, 4) is 0 Å². The van der Waals surface area contributed by atoms with Gasteiger partial charge in [-0.3, -0.25) is 4.79 Å². The zero-order valence-electron chi connectivity index (χ0n) is 14.8. The van der Waals surface area contributed by atoms with Crippen LogP contribution in [0, 0.1) is 5.92 Å². The number of aliphatic hydroxyl groups is 1. The molecule has 1 amide bonds. The molecule has 25 heavy (non-hydrogen) atoms. The maximum atomic E-state index is 12.5. The fourth-order valence-corrected chi connectivity index (χ4v) is 3.90. The van der Waals surface area contributed by atoms with Gasteiger partial charge in [-0.25, -0.2) is 0 Å². The van der Waals surface area contributed by atoms with Crippen molar-refractivity contribution < 1.29 is 19.4 Å². The third-order valence-corrected chi connectivity index (χ3v) is 5.39. The number of hydrogen-bond donors (Lipinski definition) is 1. The van der Waals surface area contributed by atoms with E-state index in [9.17, 15) is 9.90 Å². The molecule has 2 atom stereocenters. The minimum Gasteiger partial charge on any atom is -0.396 e. The molecule has 2 aliphatic rings. The molecule has 0 saturated carbocycles. The summed E-state index contributed by atoms with van der Waals surface area (Å²) in [4.78, 5) is 14.4. The Morgan fingerprint density at radius 1 is 1.20 bits per heavy atom. The monoisotopic (exact) mass is 347 g/mol. The molecule has 1 aromatic carbocycles. The number of carbonyl (C=O) groups excluding carboxylic acids is 1. The van der Waals surface area contributed by atoms with Gasteiger partial charge in [0, 0.05) is 38.8 Å². The van der Waals surface area contributed by atoms with E-state index >= 15 is 0 Å². The molecule has 3 rings (SSSR count). The van der Waals surface area contributed by atoms with E-state index in [1.54, 1.807) is 0 Å². The van der Waals surface area contributed by atoms with Gasteiger partial charge in [-0.2, -0.15) is 0 Å². The Morgan fingerprint density at radius 3 is 2.68 bits per heavy atom. The van der Waals surface area contributed by atoms with Gasteiger partial charge in [0.15, 0.2) is 0 Å².